The van der Waals surface area contributed by atoms with Crippen LogP contribution in [0.3, 0.4) is 0 Å². The summed E-state index contributed by atoms with van der Waals surface area (Å²) in [6.45, 7) is 0. The summed E-state index contributed by atoms with van der Waals surface area (Å²) in [7, 11) is 0. The first-order chi connectivity index (χ1) is 10.3. The van der Waals surface area contributed by atoms with Gasteiger partial charge in [-0.05, 0) is 30.3 Å². The highest BCUT2D eigenvalue weighted by molar-refractivity contribution is 7.98. The third-order valence-corrected chi connectivity index (χ3v) is 3.72. The molecular formula is C16H15N3OS. The van der Waals surface area contributed by atoms with Crippen LogP contribution >= 0.6 is 11.8 Å². The number of nitriles is 1. The van der Waals surface area contributed by atoms with Crippen LogP contribution in [0.1, 0.15) is 17.7 Å². The topological polar surface area (TPSA) is 65.8 Å². The second kappa shape index (κ2) is 8.08. The van der Waals surface area contributed by atoms with E-state index in [2.05, 4.69) is 10.3 Å². The van der Waals surface area contributed by atoms with E-state index in [1.54, 1.807) is 42.2 Å². The number of thioether (sulfide) groups is 1. The first-order valence-electron chi connectivity index (χ1n) is 6.55. The first-order valence-corrected chi connectivity index (χ1v) is 7.71. The van der Waals surface area contributed by atoms with Gasteiger partial charge in [0.2, 0.25) is 5.91 Å². The lowest BCUT2D eigenvalue weighted by Crippen LogP contribution is -2.12. The lowest BCUT2D eigenvalue weighted by molar-refractivity contribution is -0.115. The molecule has 0 aliphatic carbocycles. The van der Waals surface area contributed by atoms with Crippen LogP contribution in [0.5, 0.6) is 0 Å². The predicted molar refractivity (Wildman–Crippen MR) is 84.8 cm³/mol. The summed E-state index contributed by atoms with van der Waals surface area (Å²) >= 11 is 1.68. The van der Waals surface area contributed by atoms with Crippen molar-refractivity contribution in [2.45, 2.75) is 12.2 Å². The van der Waals surface area contributed by atoms with Crippen molar-refractivity contribution in [2.24, 2.45) is 0 Å². The Morgan fingerprint density at radius 2 is 2.19 bits per heavy atom. The molecular weight excluding hydrogens is 282 g/mol. The van der Waals surface area contributed by atoms with Crippen LogP contribution in [0.25, 0.3) is 0 Å². The van der Waals surface area contributed by atoms with Gasteiger partial charge in [0.15, 0.2) is 0 Å². The van der Waals surface area contributed by atoms with E-state index < -0.39 is 0 Å². The molecule has 0 unspecified atom stereocenters. The molecule has 106 valence electrons. The molecule has 0 aliphatic heterocycles. The molecule has 0 fully saturated rings. The average Bonchev–Trinajstić information content (AvgIpc) is 2.53. The number of hydrogen-bond acceptors (Lipinski definition) is 4. The number of carbonyl (C=O) groups excluding carboxylic acids is 1. The highest BCUT2D eigenvalue weighted by atomic mass is 32.2. The smallest absolute Gasteiger partial charge is 0.225 e. The van der Waals surface area contributed by atoms with Gasteiger partial charge in [0, 0.05) is 29.8 Å². The molecule has 0 radical (unpaired) electrons. The van der Waals surface area contributed by atoms with Crippen LogP contribution < -0.4 is 5.32 Å². The fourth-order valence-electron chi connectivity index (χ4n) is 1.72. The molecule has 5 heteroatoms. The van der Waals surface area contributed by atoms with Gasteiger partial charge in [0.05, 0.1) is 17.3 Å². The minimum absolute atomic E-state index is 0.0430. The lowest BCUT2D eigenvalue weighted by Gasteiger charge is -2.05. The normalized spacial score (nSPS) is 9.86. The lowest BCUT2D eigenvalue weighted by atomic mass is 10.2. The molecule has 2 aromatic rings. The van der Waals surface area contributed by atoms with Crippen molar-refractivity contribution in [3.05, 3.63) is 59.9 Å². The van der Waals surface area contributed by atoms with Gasteiger partial charge in [-0.3, -0.25) is 9.78 Å². The van der Waals surface area contributed by atoms with Crippen molar-refractivity contribution in [1.29, 1.82) is 5.26 Å². The van der Waals surface area contributed by atoms with Gasteiger partial charge in [-0.1, -0.05) is 12.1 Å². The minimum atomic E-state index is -0.0430. The van der Waals surface area contributed by atoms with Crippen LogP contribution in [0.4, 0.5) is 5.69 Å². The largest absolute Gasteiger partial charge is 0.326 e. The highest BCUT2D eigenvalue weighted by Crippen LogP contribution is 2.13. The van der Waals surface area contributed by atoms with E-state index in [1.165, 1.54) is 0 Å². The third kappa shape index (κ3) is 5.28. The van der Waals surface area contributed by atoms with E-state index in [9.17, 15) is 4.79 Å². The predicted octanol–water partition coefficient (Wildman–Crippen LogP) is 3.22. The number of aromatic nitrogens is 1. The molecule has 2 rings (SSSR count). The molecule has 1 aromatic heterocycles. The molecule has 0 atom stereocenters. The molecule has 1 N–H and O–H groups in total. The van der Waals surface area contributed by atoms with Crippen LogP contribution in [-0.2, 0) is 10.5 Å². The summed E-state index contributed by atoms with van der Waals surface area (Å²) in [5.41, 5.74) is 2.22. The Balaban J connectivity index is 1.71. The van der Waals surface area contributed by atoms with Gasteiger partial charge < -0.3 is 5.32 Å². The maximum atomic E-state index is 11.8. The molecule has 1 amide bonds. The maximum Gasteiger partial charge on any atom is 0.225 e. The Bertz CT molecular complexity index is 637. The average molecular weight is 297 g/mol. The Kier molecular flexibility index (Phi) is 5.80. The van der Waals surface area contributed by atoms with E-state index in [0.29, 0.717) is 17.7 Å². The van der Waals surface area contributed by atoms with E-state index in [0.717, 1.165) is 17.2 Å². The number of amides is 1. The number of pyridine rings is 1. The fourth-order valence-corrected chi connectivity index (χ4v) is 2.57. The minimum Gasteiger partial charge on any atom is -0.326 e. The van der Waals surface area contributed by atoms with Crippen molar-refractivity contribution in [3.63, 3.8) is 0 Å². The number of hydrogen-bond donors (Lipinski definition) is 1. The second-order valence-electron chi connectivity index (χ2n) is 4.36. The van der Waals surface area contributed by atoms with Gasteiger partial charge in [-0.2, -0.15) is 17.0 Å². The Labute approximate surface area is 128 Å². The van der Waals surface area contributed by atoms with Gasteiger partial charge in [-0.25, -0.2) is 0 Å². The van der Waals surface area contributed by atoms with Gasteiger partial charge in [0.25, 0.3) is 0 Å². The zero-order valence-electron chi connectivity index (χ0n) is 11.5. The van der Waals surface area contributed by atoms with Gasteiger partial charge in [-0.15, -0.1) is 0 Å². The van der Waals surface area contributed by atoms with Crippen LogP contribution in [0.15, 0.2) is 48.7 Å². The summed E-state index contributed by atoms with van der Waals surface area (Å²) in [4.78, 5) is 16.0. The molecule has 1 heterocycles. The summed E-state index contributed by atoms with van der Waals surface area (Å²) < 4.78 is 0. The molecule has 1 aromatic carbocycles. The van der Waals surface area contributed by atoms with Crippen molar-refractivity contribution in [1.82, 2.24) is 4.98 Å². The molecule has 0 saturated heterocycles. The Morgan fingerprint density at radius 3 is 2.95 bits per heavy atom. The SMILES string of the molecule is N#Cc1cccc(NC(=O)CCSCc2ccccn2)c1. The molecule has 0 saturated carbocycles. The summed E-state index contributed by atoms with van der Waals surface area (Å²) in [6, 6.07) is 14.8. The van der Waals surface area contributed by atoms with E-state index in [-0.39, 0.29) is 5.91 Å². The molecule has 0 aliphatic rings. The molecule has 0 spiro atoms. The van der Waals surface area contributed by atoms with Gasteiger partial charge in [0.1, 0.15) is 0 Å². The number of rotatable bonds is 6. The van der Waals surface area contributed by atoms with Crippen molar-refractivity contribution < 1.29 is 4.79 Å². The maximum absolute atomic E-state index is 11.8. The Hall–Kier alpha value is -2.32. The zero-order chi connectivity index (χ0) is 14.9. The number of benzene rings is 1. The monoisotopic (exact) mass is 297 g/mol. The van der Waals surface area contributed by atoms with Crippen molar-refractivity contribution in [3.8, 4) is 6.07 Å². The highest BCUT2D eigenvalue weighted by Gasteiger charge is 2.03. The number of carbonyl (C=O) groups is 1. The quantitative estimate of drug-likeness (QED) is 0.831. The molecule has 4 nitrogen and oxygen atoms in total. The number of nitrogens with one attached hydrogen (secondary N) is 1. The second-order valence-corrected chi connectivity index (χ2v) is 5.47. The summed E-state index contributed by atoms with van der Waals surface area (Å²) in [6.07, 6.45) is 2.21. The zero-order valence-corrected chi connectivity index (χ0v) is 12.3. The van der Waals surface area contributed by atoms with Crippen LogP contribution in [0, 0.1) is 11.3 Å². The van der Waals surface area contributed by atoms with Crippen LogP contribution in [0.2, 0.25) is 0 Å². The van der Waals surface area contributed by atoms with Crippen molar-refractivity contribution >= 4 is 23.4 Å². The van der Waals surface area contributed by atoms with E-state index >= 15 is 0 Å². The van der Waals surface area contributed by atoms with Gasteiger partial charge >= 0.3 is 0 Å². The molecule has 0 bridgehead atoms. The molecule has 21 heavy (non-hydrogen) atoms. The number of anilines is 1. The Morgan fingerprint density at radius 1 is 1.29 bits per heavy atom. The fraction of sp³-hybridized carbons (Fsp3) is 0.188. The number of nitrogens with zero attached hydrogens (tertiary/aromatic N) is 2. The van der Waals surface area contributed by atoms with Crippen LogP contribution in [-0.4, -0.2) is 16.6 Å². The third-order valence-electron chi connectivity index (χ3n) is 2.72. The summed E-state index contributed by atoms with van der Waals surface area (Å²) in [5.74, 6) is 1.50. The summed E-state index contributed by atoms with van der Waals surface area (Å²) in [5, 5.41) is 11.6. The first kappa shape index (κ1) is 15.1. The van der Waals surface area contributed by atoms with E-state index in [4.69, 9.17) is 5.26 Å². The standard InChI is InChI=1S/C16H15N3OS/c17-11-13-4-3-6-14(10-13)19-16(20)7-9-21-12-15-5-1-2-8-18-15/h1-6,8,10H,7,9,12H2,(H,19,20). The van der Waals surface area contributed by atoms with E-state index in [1.807, 2.05) is 24.3 Å². The van der Waals surface area contributed by atoms with Crippen molar-refractivity contribution in [2.75, 3.05) is 11.1 Å².